The predicted octanol–water partition coefficient (Wildman–Crippen LogP) is 5.08. The van der Waals surface area contributed by atoms with E-state index in [9.17, 15) is 9.90 Å². The Hall–Kier alpha value is -4.01. The van der Waals surface area contributed by atoms with E-state index in [0.29, 0.717) is 23.3 Å². The van der Waals surface area contributed by atoms with Crippen LogP contribution in [-0.2, 0) is 6.42 Å². The molecule has 0 radical (unpaired) electrons. The minimum Gasteiger partial charge on any atom is -0.490 e. The van der Waals surface area contributed by atoms with Crippen molar-refractivity contribution < 1.29 is 14.6 Å². The van der Waals surface area contributed by atoms with E-state index in [4.69, 9.17) is 4.74 Å². The second-order valence-electron chi connectivity index (χ2n) is 8.88. The zero-order valence-corrected chi connectivity index (χ0v) is 20.2. The minimum atomic E-state index is -0.747. The molecule has 178 valence electrons. The smallest absolute Gasteiger partial charge is 0.255 e. The Kier molecular flexibility index (Phi) is 7.54. The van der Waals surface area contributed by atoms with Crippen molar-refractivity contribution in [1.29, 1.82) is 0 Å². The number of fused-ring (bicyclic) bond motifs is 1. The number of ether oxygens (including phenoxy) is 1. The lowest BCUT2D eigenvalue weighted by atomic mass is 10.0. The molecule has 1 aromatic heterocycles. The predicted molar refractivity (Wildman–Crippen MR) is 140 cm³/mol. The van der Waals surface area contributed by atoms with E-state index in [1.54, 1.807) is 19.1 Å². The fraction of sp³-hybridized carbons (Fsp3) is 0.233. The number of hydrogen-bond acceptors (Lipinski definition) is 3. The highest BCUT2D eigenvalue weighted by Gasteiger charge is 2.23. The summed E-state index contributed by atoms with van der Waals surface area (Å²) in [5.41, 5.74) is 4.06. The van der Waals surface area contributed by atoms with Gasteiger partial charge in [0.1, 0.15) is 5.75 Å². The molecule has 0 aliphatic carbocycles. The standard InChI is InChI=1S/C30H30N2O3/c1-20(2)35-29-16-15-23(14-13-22-9-5-4-6-10-22)17-26(29)30(34)32-28(21(3)33)18-24-19-31-27-12-8-7-11-25(24)27/h4-12,15-17,19-21,28,31,33H,18H2,1-3H3,(H,32,34). The largest absolute Gasteiger partial charge is 0.490 e. The Morgan fingerprint density at radius 2 is 1.69 bits per heavy atom. The number of hydrogen-bond donors (Lipinski definition) is 3. The van der Waals surface area contributed by atoms with Crippen molar-refractivity contribution in [3.05, 3.63) is 101 Å². The second-order valence-corrected chi connectivity index (χ2v) is 8.88. The number of rotatable bonds is 7. The Balaban J connectivity index is 1.60. The summed E-state index contributed by atoms with van der Waals surface area (Å²) in [5.74, 6) is 6.43. The number of aromatic nitrogens is 1. The van der Waals surface area contributed by atoms with E-state index in [0.717, 1.165) is 22.0 Å². The molecule has 2 atom stereocenters. The number of carbonyl (C=O) groups excluding carboxylic acids is 1. The molecule has 0 fully saturated rings. The number of H-pyrrole nitrogens is 1. The molecule has 2 unspecified atom stereocenters. The summed E-state index contributed by atoms with van der Waals surface area (Å²) in [6.07, 6.45) is 1.57. The average molecular weight is 467 g/mol. The number of aliphatic hydroxyl groups is 1. The topological polar surface area (TPSA) is 74.3 Å². The summed E-state index contributed by atoms with van der Waals surface area (Å²) in [6.45, 7) is 5.52. The molecule has 1 amide bonds. The molecule has 5 nitrogen and oxygen atoms in total. The maximum atomic E-state index is 13.4. The van der Waals surface area contributed by atoms with Gasteiger partial charge < -0.3 is 20.1 Å². The van der Waals surface area contributed by atoms with Gasteiger partial charge in [-0.2, -0.15) is 0 Å². The Bertz CT molecular complexity index is 1360. The second kappa shape index (κ2) is 10.9. The van der Waals surface area contributed by atoms with Gasteiger partial charge in [0.05, 0.1) is 23.8 Å². The molecule has 0 spiro atoms. The van der Waals surface area contributed by atoms with Crippen molar-refractivity contribution in [3.8, 4) is 17.6 Å². The molecule has 0 aliphatic rings. The van der Waals surface area contributed by atoms with Gasteiger partial charge in [-0.1, -0.05) is 48.2 Å². The first-order valence-electron chi connectivity index (χ1n) is 11.8. The van der Waals surface area contributed by atoms with Gasteiger partial charge in [0.15, 0.2) is 0 Å². The summed E-state index contributed by atoms with van der Waals surface area (Å²) < 4.78 is 5.91. The highest BCUT2D eigenvalue weighted by molar-refractivity contribution is 5.97. The SMILES string of the molecule is CC(C)Oc1ccc(C#Cc2ccccc2)cc1C(=O)NC(Cc1c[nH]c2ccccc12)C(C)O. The van der Waals surface area contributed by atoms with Crippen LogP contribution in [0.5, 0.6) is 5.75 Å². The van der Waals surface area contributed by atoms with Gasteiger partial charge in [-0.15, -0.1) is 0 Å². The van der Waals surface area contributed by atoms with Gasteiger partial charge in [-0.05, 0) is 69.2 Å². The van der Waals surface area contributed by atoms with Gasteiger partial charge >= 0.3 is 0 Å². The fourth-order valence-corrected chi connectivity index (χ4v) is 3.93. The average Bonchev–Trinajstić information content (AvgIpc) is 3.26. The first-order valence-corrected chi connectivity index (χ1v) is 11.8. The zero-order valence-electron chi connectivity index (χ0n) is 20.2. The molecular formula is C30H30N2O3. The normalized spacial score (nSPS) is 12.6. The van der Waals surface area contributed by atoms with Crippen LogP contribution in [0.4, 0.5) is 0 Å². The molecular weight excluding hydrogens is 436 g/mol. The molecule has 0 saturated heterocycles. The number of para-hydroxylation sites is 1. The summed E-state index contributed by atoms with van der Waals surface area (Å²) in [5, 5.41) is 14.6. The van der Waals surface area contributed by atoms with Gasteiger partial charge in [-0.3, -0.25) is 4.79 Å². The highest BCUT2D eigenvalue weighted by atomic mass is 16.5. The molecule has 1 heterocycles. The van der Waals surface area contributed by atoms with Crippen LogP contribution in [0.25, 0.3) is 10.9 Å². The first-order chi connectivity index (χ1) is 16.9. The molecule has 0 aliphatic heterocycles. The number of nitrogens with one attached hydrogen (secondary N) is 2. The molecule has 0 saturated carbocycles. The lowest BCUT2D eigenvalue weighted by Crippen LogP contribution is -2.43. The number of benzene rings is 3. The highest BCUT2D eigenvalue weighted by Crippen LogP contribution is 2.23. The van der Waals surface area contributed by atoms with Gasteiger partial charge in [0, 0.05) is 28.2 Å². The lowest BCUT2D eigenvalue weighted by molar-refractivity contribution is 0.0853. The minimum absolute atomic E-state index is 0.0958. The molecule has 3 N–H and O–H groups in total. The molecule has 4 aromatic rings. The van der Waals surface area contributed by atoms with Crippen LogP contribution in [-0.4, -0.2) is 34.2 Å². The van der Waals surface area contributed by atoms with Crippen LogP contribution in [0, 0.1) is 11.8 Å². The summed E-state index contributed by atoms with van der Waals surface area (Å²) >= 11 is 0. The first kappa shape index (κ1) is 24.1. The van der Waals surface area contributed by atoms with Gasteiger partial charge in [-0.25, -0.2) is 0 Å². The molecule has 5 heteroatoms. The molecule has 3 aromatic carbocycles. The van der Waals surface area contributed by atoms with Crippen molar-refractivity contribution in [2.75, 3.05) is 0 Å². The van der Waals surface area contributed by atoms with E-state index in [-0.39, 0.29) is 12.0 Å². The Labute approximate surface area is 206 Å². The third kappa shape index (κ3) is 6.11. The van der Waals surface area contributed by atoms with Crippen LogP contribution in [0.1, 0.15) is 47.8 Å². The van der Waals surface area contributed by atoms with Crippen LogP contribution in [0.15, 0.2) is 79.0 Å². The number of aromatic amines is 1. The van der Waals surface area contributed by atoms with Gasteiger partial charge in [0.2, 0.25) is 0 Å². The van der Waals surface area contributed by atoms with E-state index < -0.39 is 12.1 Å². The summed E-state index contributed by atoms with van der Waals surface area (Å²) in [7, 11) is 0. The van der Waals surface area contributed by atoms with Crippen LogP contribution >= 0.6 is 0 Å². The number of carbonyl (C=O) groups is 1. The van der Waals surface area contributed by atoms with Gasteiger partial charge in [0.25, 0.3) is 5.91 Å². The van der Waals surface area contributed by atoms with E-state index in [2.05, 4.69) is 22.1 Å². The Morgan fingerprint density at radius 1 is 0.971 bits per heavy atom. The summed E-state index contributed by atoms with van der Waals surface area (Å²) in [4.78, 5) is 16.7. The molecule has 35 heavy (non-hydrogen) atoms. The lowest BCUT2D eigenvalue weighted by Gasteiger charge is -2.22. The van der Waals surface area contributed by atoms with Crippen LogP contribution in [0.3, 0.4) is 0 Å². The van der Waals surface area contributed by atoms with E-state index in [1.165, 1.54) is 0 Å². The number of amides is 1. The third-order valence-corrected chi connectivity index (χ3v) is 5.73. The molecule has 4 rings (SSSR count). The summed E-state index contributed by atoms with van der Waals surface area (Å²) in [6, 6.07) is 22.6. The Morgan fingerprint density at radius 3 is 2.43 bits per heavy atom. The third-order valence-electron chi connectivity index (χ3n) is 5.73. The van der Waals surface area contributed by atoms with Crippen molar-refractivity contribution in [3.63, 3.8) is 0 Å². The van der Waals surface area contributed by atoms with Crippen molar-refractivity contribution in [2.45, 2.75) is 45.4 Å². The van der Waals surface area contributed by atoms with Crippen LogP contribution < -0.4 is 10.1 Å². The maximum Gasteiger partial charge on any atom is 0.255 e. The quantitative estimate of drug-likeness (QED) is 0.333. The fourth-order valence-electron chi connectivity index (χ4n) is 3.93. The maximum absolute atomic E-state index is 13.4. The number of aliphatic hydroxyl groups excluding tert-OH is 1. The molecule has 0 bridgehead atoms. The van der Waals surface area contributed by atoms with Crippen molar-refractivity contribution in [2.24, 2.45) is 0 Å². The van der Waals surface area contributed by atoms with Crippen molar-refractivity contribution >= 4 is 16.8 Å². The monoisotopic (exact) mass is 466 g/mol. The zero-order chi connectivity index (χ0) is 24.8. The van der Waals surface area contributed by atoms with E-state index in [1.807, 2.05) is 80.7 Å². The van der Waals surface area contributed by atoms with Crippen molar-refractivity contribution in [1.82, 2.24) is 10.3 Å². The van der Waals surface area contributed by atoms with Crippen LogP contribution in [0.2, 0.25) is 0 Å². The van der Waals surface area contributed by atoms with E-state index >= 15 is 0 Å².